The number of carbonyl (C=O) groups excluding carboxylic acids is 1. The van der Waals surface area contributed by atoms with E-state index in [4.69, 9.17) is 20.5 Å². The van der Waals surface area contributed by atoms with Crippen LogP contribution in [0.25, 0.3) is 11.3 Å². The molecule has 1 fully saturated rings. The fraction of sp³-hybridized carbons (Fsp3) is 0.263. The molecule has 0 aliphatic carbocycles. The van der Waals surface area contributed by atoms with Crippen molar-refractivity contribution in [2.45, 2.75) is 25.8 Å². The molecule has 0 N–H and O–H groups in total. The fourth-order valence-electron chi connectivity index (χ4n) is 3.25. The average Bonchev–Trinajstić information content (AvgIpc) is 3.34. The molecule has 128 valence electrons. The molecule has 0 unspecified atom stereocenters. The molecule has 1 amide bonds. The number of amides is 1. The molecule has 25 heavy (non-hydrogen) atoms. The first-order valence-corrected chi connectivity index (χ1v) is 8.60. The normalized spacial score (nSPS) is 17.2. The zero-order valence-corrected chi connectivity index (χ0v) is 14.5. The van der Waals surface area contributed by atoms with Gasteiger partial charge in [0.1, 0.15) is 5.76 Å². The van der Waals surface area contributed by atoms with E-state index >= 15 is 0 Å². The summed E-state index contributed by atoms with van der Waals surface area (Å²) >= 11 is 6.21. The number of aryl methyl sites for hydroxylation is 1. The average molecular weight is 357 g/mol. The van der Waals surface area contributed by atoms with E-state index in [0.29, 0.717) is 23.1 Å². The maximum absolute atomic E-state index is 12.9. The van der Waals surface area contributed by atoms with Gasteiger partial charge in [-0.2, -0.15) is 0 Å². The number of furan rings is 1. The number of nitrogens with zero attached hydrogens (tertiary/aromatic N) is 2. The molecule has 1 aliphatic rings. The molecule has 0 radical (unpaired) electrons. The molecule has 1 aliphatic heterocycles. The van der Waals surface area contributed by atoms with E-state index in [0.717, 1.165) is 29.9 Å². The minimum atomic E-state index is -0.144. The molecule has 0 saturated carbocycles. The number of halogens is 1. The fourth-order valence-corrected chi connectivity index (χ4v) is 3.47. The molecular weight excluding hydrogens is 340 g/mol. The first-order valence-electron chi connectivity index (χ1n) is 8.22. The van der Waals surface area contributed by atoms with Gasteiger partial charge in [-0.1, -0.05) is 28.9 Å². The van der Waals surface area contributed by atoms with Gasteiger partial charge in [-0.05, 0) is 44.0 Å². The second-order valence-corrected chi connectivity index (χ2v) is 6.58. The summed E-state index contributed by atoms with van der Waals surface area (Å²) in [7, 11) is 0. The number of likely N-dealkylation sites (tertiary alicyclic amines) is 1. The quantitative estimate of drug-likeness (QED) is 0.671. The number of hydrogen-bond donors (Lipinski definition) is 0. The predicted molar refractivity (Wildman–Crippen MR) is 93.4 cm³/mol. The highest BCUT2D eigenvalue weighted by molar-refractivity contribution is 6.33. The molecular formula is C19H17ClN2O3. The summed E-state index contributed by atoms with van der Waals surface area (Å²) in [4.78, 5) is 14.7. The Morgan fingerprint density at radius 3 is 2.88 bits per heavy atom. The number of aromatic nitrogens is 1. The summed E-state index contributed by atoms with van der Waals surface area (Å²) in [6.45, 7) is 2.54. The monoisotopic (exact) mass is 356 g/mol. The molecule has 0 spiro atoms. The van der Waals surface area contributed by atoms with Crippen molar-refractivity contribution in [3.05, 3.63) is 64.7 Å². The van der Waals surface area contributed by atoms with E-state index in [9.17, 15) is 4.79 Å². The van der Waals surface area contributed by atoms with Gasteiger partial charge in [0, 0.05) is 18.2 Å². The second-order valence-electron chi connectivity index (χ2n) is 6.17. The molecule has 1 atom stereocenters. The van der Waals surface area contributed by atoms with Crippen molar-refractivity contribution < 1.29 is 13.7 Å². The van der Waals surface area contributed by atoms with Crippen LogP contribution in [0.2, 0.25) is 5.02 Å². The minimum absolute atomic E-state index is 0.0948. The van der Waals surface area contributed by atoms with Gasteiger partial charge in [0.05, 0.1) is 16.8 Å². The van der Waals surface area contributed by atoms with Crippen LogP contribution in [0.4, 0.5) is 0 Å². The zero-order chi connectivity index (χ0) is 17.4. The Morgan fingerprint density at radius 1 is 1.28 bits per heavy atom. The first kappa shape index (κ1) is 16.0. The summed E-state index contributed by atoms with van der Waals surface area (Å²) in [6.07, 6.45) is 1.78. The Morgan fingerprint density at radius 2 is 2.12 bits per heavy atom. The van der Waals surface area contributed by atoms with Crippen LogP contribution in [-0.4, -0.2) is 22.5 Å². The van der Waals surface area contributed by atoms with Crippen molar-refractivity contribution >= 4 is 17.5 Å². The lowest BCUT2D eigenvalue weighted by Crippen LogP contribution is -2.30. The Balaban J connectivity index is 1.60. The van der Waals surface area contributed by atoms with Gasteiger partial charge in [-0.25, -0.2) is 0 Å². The van der Waals surface area contributed by atoms with Crippen molar-refractivity contribution in [1.82, 2.24) is 10.1 Å². The van der Waals surface area contributed by atoms with Crippen LogP contribution in [0, 0.1) is 6.92 Å². The topological polar surface area (TPSA) is 59.5 Å². The smallest absolute Gasteiger partial charge is 0.290 e. The van der Waals surface area contributed by atoms with E-state index < -0.39 is 0 Å². The summed E-state index contributed by atoms with van der Waals surface area (Å²) < 4.78 is 11.2. The van der Waals surface area contributed by atoms with Crippen LogP contribution in [0.1, 0.15) is 40.9 Å². The molecule has 6 heteroatoms. The highest BCUT2D eigenvalue weighted by atomic mass is 35.5. The lowest BCUT2D eigenvalue weighted by molar-refractivity contribution is 0.0683. The third-order valence-electron chi connectivity index (χ3n) is 4.44. The van der Waals surface area contributed by atoms with E-state index in [1.807, 2.05) is 31.2 Å². The van der Waals surface area contributed by atoms with Crippen molar-refractivity contribution in [1.29, 1.82) is 0 Å². The van der Waals surface area contributed by atoms with E-state index in [1.165, 1.54) is 0 Å². The van der Waals surface area contributed by atoms with Gasteiger partial charge in [0.15, 0.2) is 11.5 Å². The van der Waals surface area contributed by atoms with Crippen LogP contribution in [0.3, 0.4) is 0 Å². The number of carbonyl (C=O) groups is 1. The highest BCUT2D eigenvalue weighted by Crippen LogP contribution is 2.35. The molecule has 1 aromatic carbocycles. The molecule has 1 saturated heterocycles. The molecule has 3 heterocycles. The van der Waals surface area contributed by atoms with Gasteiger partial charge in [0.25, 0.3) is 5.91 Å². The maximum atomic E-state index is 12.9. The summed E-state index contributed by atoms with van der Waals surface area (Å²) in [5, 5.41) is 4.52. The lowest BCUT2D eigenvalue weighted by atomic mass is 10.1. The Bertz CT molecular complexity index is 915. The summed E-state index contributed by atoms with van der Waals surface area (Å²) in [6, 6.07) is 12.7. The van der Waals surface area contributed by atoms with Gasteiger partial charge >= 0.3 is 0 Å². The molecule has 3 aromatic rings. The van der Waals surface area contributed by atoms with Crippen molar-refractivity contribution in [3.63, 3.8) is 0 Å². The molecule has 4 rings (SSSR count). The van der Waals surface area contributed by atoms with E-state index in [-0.39, 0.29) is 11.9 Å². The third-order valence-corrected chi connectivity index (χ3v) is 4.77. The molecule has 2 aromatic heterocycles. The van der Waals surface area contributed by atoms with Crippen molar-refractivity contribution in [3.8, 4) is 11.3 Å². The number of rotatable bonds is 3. The van der Waals surface area contributed by atoms with Crippen LogP contribution in [-0.2, 0) is 0 Å². The zero-order valence-electron chi connectivity index (χ0n) is 13.7. The molecule has 0 bridgehead atoms. The van der Waals surface area contributed by atoms with Crippen molar-refractivity contribution in [2.75, 3.05) is 6.54 Å². The lowest BCUT2D eigenvalue weighted by Gasteiger charge is -2.21. The first-order chi connectivity index (χ1) is 12.1. The second kappa shape index (κ2) is 6.41. The minimum Gasteiger partial charge on any atom is -0.451 e. The SMILES string of the molecule is Cc1cc([C@@H]2CCCN2C(=O)c2ccc(-c3ccccc3Cl)o2)on1. The van der Waals surface area contributed by atoms with Gasteiger partial charge < -0.3 is 13.8 Å². The Labute approximate surface area is 150 Å². The third kappa shape index (κ3) is 2.96. The number of hydrogen-bond acceptors (Lipinski definition) is 4. The predicted octanol–water partition coefficient (Wildman–Crippen LogP) is 4.87. The summed E-state index contributed by atoms with van der Waals surface area (Å²) in [5.41, 5.74) is 1.58. The van der Waals surface area contributed by atoms with Crippen molar-refractivity contribution in [2.24, 2.45) is 0 Å². The Kier molecular flexibility index (Phi) is 4.09. The standard InChI is InChI=1S/C19H17ClN2O3/c1-12-11-18(25-21-12)15-7-4-10-22(15)19(23)17-9-8-16(24-17)13-5-2-3-6-14(13)20/h2-3,5-6,8-9,11,15H,4,7,10H2,1H3/t15-/m0/s1. The van der Waals surface area contributed by atoms with Gasteiger partial charge in [0.2, 0.25) is 0 Å². The van der Waals surface area contributed by atoms with E-state index in [2.05, 4.69) is 5.16 Å². The maximum Gasteiger partial charge on any atom is 0.290 e. The summed E-state index contributed by atoms with van der Waals surface area (Å²) in [5.74, 6) is 1.47. The largest absolute Gasteiger partial charge is 0.451 e. The Hall–Kier alpha value is -2.53. The van der Waals surface area contributed by atoms with Gasteiger partial charge in [-0.15, -0.1) is 0 Å². The van der Waals surface area contributed by atoms with Gasteiger partial charge in [-0.3, -0.25) is 4.79 Å². The molecule has 5 nitrogen and oxygen atoms in total. The van der Waals surface area contributed by atoms with Crippen LogP contribution in [0.5, 0.6) is 0 Å². The number of benzene rings is 1. The van der Waals surface area contributed by atoms with Crippen LogP contribution < -0.4 is 0 Å². The highest BCUT2D eigenvalue weighted by Gasteiger charge is 2.34. The van der Waals surface area contributed by atoms with Crippen LogP contribution in [0.15, 0.2) is 51.4 Å². The van der Waals surface area contributed by atoms with Crippen LogP contribution >= 0.6 is 11.6 Å². The van der Waals surface area contributed by atoms with E-state index in [1.54, 1.807) is 23.1 Å².